The highest BCUT2D eigenvalue weighted by atomic mass is 32.2. The maximum Gasteiger partial charge on any atom is 0.217 e. The van der Waals surface area contributed by atoms with Gasteiger partial charge in [-0.3, -0.25) is 0 Å². The number of methoxy groups -OCH3 is 1. The Bertz CT molecular complexity index is 493. The third-order valence-electron chi connectivity index (χ3n) is 1.89. The molecule has 1 heterocycles. The van der Waals surface area contributed by atoms with Gasteiger partial charge in [0.2, 0.25) is 5.95 Å². The van der Waals surface area contributed by atoms with Gasteiger partial charge in [0.05, 0.1) is 12.0 Å². The van der Waals surface area contributed by atoms with E-state index in [2.05, 4.69) is 9.97 Å². The number of ether oxygens (including phenoxy) is 1. The van der Waals surface area contributed by atoms with Crippen molar-refractivity contribution in [1.82, 2.24) is 9.97 Å². The van der Waals surface area contributed by atoms with Crippen LogP contribution >= 0.6 is 11.8 Å². The van der Waals surface area contributed by atoms with Crippen LogP contribution in [-0.2, 0) is 0 Å². The summed E-state index contributed by atoms with van der Waals surface area (Å²) in [6.07, 6.45) is 1.20. The lowest BCUT2D eigenvalue weighted by Gasteiger charge is -2.06. The molecule has 1 aromatic carbocycles. The molecule has 0 aliphatic heterocycles. The molecule has 2 rings (SSSR count). The maximum absolute atomic E-state index is 12.9. The standard InChI is InChI=1S/C11H9FN2OS/c1-15-8-4-2-3-5-9(8)16-11-6-10(12)13-7-14-11/h2-7H,1H3. The zero-order valence-corrected chi connectivity index (χ0v) is 9.37. The summed E-state index contributed by atoms with van der Waals surface area (Å²) >= 11 is 1.34. The van der Waals surface area contributed by atoms with Crippen molar-refractivity contribution in [3.05, 3.63) is 42.6 Å². The molecule has 1 aromatic heterocycles. The minimum atomic E-state index is -0.535. The molecule has 3 nitrogen and oxygen atoms in total. The summed E-state index contributed by atoms with van der Waals surface area (Å²) in [5.41, 5.74) is 0. The van der Waals surface area contributed by atoms with E-state index in [4.69, 9.17) is 4.74 Å². The fourth-order valence-corrected chi connectivity index (χ4v) is 2.07. The van der Waals surface area contributed by atoms with Crippen LogP contribution in [0, 0.1) is 5.95 Å². The summed E-state index contributed by atoms with van der Waals surface area (Å²) in [6.45, 7) is 0. The first kappa shape index (κ1) is 10.9. The Balaban J connectivity index is 2.26. The normalized spacial score (nSPS) is 10.1. The average Bonchev–Trinajstić information content (AvgIpc) is 2.30. The van der Waals surface area contributed by atoms with Crippen LogP contribution in [0.2, 0.25) is 0 Å². The highest BCUT2D eigenvalue weighted by Gasteiger charge is 2.05. The van der Waals surface area contributed by atoms with Gasteiger partial charge in [0, 0.05) is 6.07 Å². The minimum absolute atomic E-state index is 0.535. The van der Waals surface area contributed by atoms with Gasteiger partial charge in [-0.25, -0.2) is 9.97 Å². The van der Waals surface area contributed by atoms with Crippen molar-refractivity contribution in [3.63, 3.8) is 0 Å². The monoisotopic (exact) mass is 236 g/mol. The minimum Gasteiger partial charge on any atom is -0.496 e. The molecular weight excluding hydrogens is 227 g/mol. The second-order valence-electron chi connectivity index (χ2n) is 2.93. The van der Waals surface area contributed by atoms with E-state index in [9.17, 15) is 4.39 Å². The number of nitrogens with zero attached hydrogens (tertiary/aromatic N) is 2. The molecule has 16 heavy (non-hydrogen) atoms. The lowest BCUT2D eigenvalue weighted by molar-refractivity contribution is 0.405. The average molecular weight is 236 g/mol. The second kappa shape index (κ2) is 4.94. The molecule has 0 atom stereocenters. The lowest BCUT2D eigenvalue weighted by atomic mass is 10.3. The number of benzene rings is 1. The molecular formula is C11H9FN2OS. The van der Waals surface area contributed by atoms with Crippen LogP contribution in [0.5, 0.6) is 5.75 Å². The van der Waals surface area contributed by atoms with Gasteiger partial charge in [0.1, 0.15) is 17.1 Å². The largest absolute Gasteiger partial charge is 0.496 e. The lowest BCUT2D eigenvalue weighted by Crippen LogP contribution is -1.88. The molecule has 0 saturated carbocycles. The van der Waals surface area contributed by atoms with Crippen molar-refractivity contribution in [2.75, 3.05) is 7.11 Å². The van der Waals surface area contributed by atoms with Crippen LogP contribution in [0.4, 0.5) is 4.39 Å². The van der Waals surface area contributed by atoms with Crippen molar-refractivity contribution < 1.29 is 9.13 Å². The SMILES string of the molecule is COc1ccccc1Sc1cc(F)ncn1. The van der Waals surface area contributed by atoms with E-state index in [1.165, 1.54) is 24.2 Å². The molecule has 2 aromatic rings. The number of rotatable bonds is 3. The number of para-hydroxylation sites is 1. The van der Waals surface area contributed by atoms with Gasteiger partial charge in [0.25, 0.3) is 0 Å². The fraction of sp³-hybridized carbons (Fsp3) is 0.0909. The Kier molecular flexibility index (Phi) is 3.36. The molecule has 0 bridgehead atoms. The predicted molar refractivity (Wildman–Crippen MR) is 59.1 cm³/mol. The van der Waals surface area contributed by atoms with Crippen LogP contribution in [-0.4, -0.2) is 17.1 Å². The topological polar surface area (TPSA) is 35.0 Å². The first-order valence-corrected chi connectivity index (χ1v) is 5.39. The first-order valence-electron chi connectivity index (χ1n) is 4.58. The molecule has 0 aliphatic carbocycles. The van der Waals surface area contributed by atoms with Crippen LogP contribution in [0.1, 0.15) is 0 Å². The summed E-state index contributed by atoms with van der Waals surface area (Å²) in [6, 6.07) is 8.80. The van der Waals surface area contributed by atoms with Gasteiger partial charge in [-0.2, -0.15) is 4.39 Å². The Labute approximate surface area is 96.7 Å². The van der Waals surface area contributed by atoms with Gasteiger partial charge in [-0.15, -0.1) is 0 Å². The maximum atomic E-state index is 12.9. The fourth-order valence-electron chi connectivity index (χ4n) is 1.19. The number of hydrogen-bond donors (Lipinski definition) is 0. The van der Waals surface area contributed by atoms with E-state index in [1.807, 2.05) is 24.3 Å². The van der Waals surface area contributed by atoms with Crippen LogP contribution < -0.4 is 4.74 Å². The number of halogens is 1. The summed E-state index contributed by atoms with van der Waals surface area (Å²) in [5, 5.41) is 0.553. The molecule has 82 valence electrons. The number of hydrogen-bond acceptors (Lipinski definition) is 4. The summed E-state index contributed by atoms with van der Waals surface area (Å²) in [7, 11) is 1.60. The van der Waals surface area contributed by atoms with E-state index in [0.717, 1.165) is 10.6 Å². The van der Waals surface area contributed by atoms with E-state index in [-0.39, 0.29) is 0 Å². The van der Waals surface area contributed by atoms with Gasteiger partial charge in [0.15, 0.2) is 0 Å². The Hall–Kier alpha value is -1.62. The summed E-state index contributed by atoms with van der Waals surface area (Å²) in [5.74, 6) is 0.207. The molecule has 0 amide bonds. The van der Waals surface area contributed by atoms with Crippen LogP contribution in [0.25, 0.3) is 0 Å². The van der Waals surface area contributed by atoms with Crippen molar-refractivity contribution in [2.45, 2.75) is 9.92 Å². The Morgan fingerprint density at radius 3 is 2.81 bits per heavy atom. The van der Waals surface area contributed by atoms with E-state index >= 15 is 0 Å². The smallest absolute Gasteiger partial charge is 0.217 e. The van der Waals surface area contributed by atoms with E-state index in [0.29, 0.717) is 5.03 Å². The molecule has 0 radical (unpaired) electrons. The third-order valence-corrected chi connectivity index (χ3v) is 2.88. The van der Waals surface area contributed by atoms with E-state index in [1.54, 1.807) is 7.11 Å². The molecule has 0 spiro atoms. The highest BCUT2D eigenvalue weighted by molar-refractivity contribution is 7.99. The summed E-state index contributed by atoms with van der Waals surface area (Å²) < 4.78 is 18.0. The van der Waals surface area contributed by atoms with Gasteiger partial charge in [-0.05, 0) is 12.1 Å². The Morgan fingerprint density at radius 1 is 1.25 bits per heavy atom. The molecule has 0 unspecified atom stereocenters. The Morgan fingerprint density at radius 2 is 2.06 bits per heavy atom. The highest BCUT2D eigenvalue weighted by Crippen LogP contribution is 2.33. The van der Waals surface area contributed by atoms with Crippen molar-refractivity contribution in [3.8, 4) is 5.75 Å². The second-order valence-corrected chi connectivity index (χ2v) is 3.99. The first-order chi connectivity index (χ1) is 7.79. The van der Waals surface area contributed by atoms with E-state index < -0.39 is 5.95 Å². The van der Waals surface area contributed by atoms with Gasteiger partial charge in [-0.1, -0.05) is 23.9 Å². The van der Waals surface area contributed by atoms with Crippen molar-refractivity contribution >= 4 is 11.8 Å². The zero-order chi connectivity index (χ0) is 11.4. The molecule has 0 aliphatic rings. The van der Waals surface area contributed by atoms with Crippen LogP contribution in [0.15, 0.2) is 46.6 Å². The molecule has 0 saturated heterocycles. The molecule has 0 N–H and O–H groups in total. The molecule has 0 fully saturated rings. The number of aromatic nitrogens is 2. The predicted octanol–water partition coefficient (Wildman–Crippen LogP) is 2.78. The quantitative estimate of drug-likeness (QED) is 0.767. The van der Waals surface area contributed by atoms with Gasteiger partial charge >= 0.3 is 0 Å². The van der Waals surface area contributed by atoms with Crippen molar-refractivity contribution in [2.24, 2.45) is 0 Å². The summed E-state index contributed by atoms with van der Waals surface area (Å²) in [4.78, 5) is 8.26. The van der Waals surface area contributed by atoms with Gasteiger partial charge < -0.3 is 4.74 Å². The molecule has 5 heteroatoms. The third kappa shape index (κ3) is 2.49. The zero-order valence-electron chi connectivity index (χ0n) is 8.55. The van der Waals surface area contributed by atoms with Crippen molar-refractivity contribution in [1.29, 1.82) is 0 Å². The van der Waals surface area contributed by atoms with Crippen LogP contribution in [0.3, 0.4) is 0 Å².